The number of aromatic nitrogens is 3. The lowest BCUT2D eigenvalue weighted by atomic mass is 9.93. The van der Waals surface area contributed by atoms with Crippen LogP contribution in [0, 0.1) is 11.7 Å². The number of ether oxygens (including phenoxy) is 4. The van der Waals surface area contributed by atoms with Crippen LogP contribution in [0.1, 0.15) is 50.0 Å². The van der Waals surface area contributed by atoms with E-state index in [1.807, 2.05) is 13.8 Å². The van der Waals surface area contributed by atoms with Crippen molar-refractivity contribution in [2.24, 2.45) is 16.3 Å². The number of piperazine rings is 1. The highest BCUT2D eigenvalue weighted by Crippen LogP contribution is 2.44. The molecule has 0 amide bonds. The summed E-state index contributed by atoms with van der Waals surface area (Å²) >= 11 is 0. The van der Waals surface area contributed by atoms with Crippen molar-refractivity contribution in [3.63, 3.8) is 0 Å². The van der Waals surface area contributed by atoms with Gasteiger partial charge in [0.1, 0.15) is 5.69 Å². The fourth-order valence-electron chi connectivity index (χ4n) is 5.47. The molecule has 1 aromatic carbocycles. The van der Waals surface area contributed by atoms with Crippen molar-refractivity contribution >= 4 is 40.1 Å². The van der Waals surface area contributed by atoms with Crippen LogP contribution in [0.2, 0.25) is 0 Å². The van der Waals surface area contributed by atoms with Gasteiger partial charge in [-0.15, -0.1) is 0 Å². The molecule has 47 heavy (non-hydrogen) atoms. The lowest BCUT2D eigenvalue weighted by molar-refractivity contribution is -0.146. The monoisotopic (exact) mass is 653 g/mol. The summed E-state index contributed by atoms with van der Waals surface area (Å²) in [5, 5.41) is 10.0. The lowest BCUT2D eigenvalue weighted by Gasteiger charge is -2.35. The van der Waals surface area contributed by atoms with E-state index in [1.165, 1.54) is 13.3 Å². The van der Waals surface area contributed by atoms with Gasteiger partial charge in [-0.2, -0.15) is 9.97 Å². The van der Waals surface area contributed by atoms with E-state index in [2.05, 4.69) is 25.0 Å². The predicted octanol–water partition coefficient (Wildman–Crippen LogP) is 3.45. The van der Waals surface area contributed by atoms with Crippen molar-refractivity contribution in [1.82, 2.24) is 19.5 Å². The van der Waals surface area contributed by atoms with Crippen LogP contribution in [0.4, 0.5) is 16.0 Å². The molecule has 5 rings (SSSR count). The molecule has 1 saturated heterocycles. The number of nitrogens with zero attached hydrogens (tertiary/aromatic N) is 7. The van der Waals surface area contributed by atoms with Crippen LogP contribution in [-0.2, 0) is 14.3 Å². The topological polar surface area (TPSA) is 167 Å². The van der Waals surface area contributed by atoms with Gasteiger partial charge < -0.3 is 28.4 Å². The fourth-order valence-corrected chi connectivity index (χ4v) is 5.47. The Kier molecular flexibility index (Phi) is 9.96. The lowest BCUT2D eigenvalue weighted by Crippen LogP contribution is -2.44. The number of benzene rings is 1. The highest BCUT2D eigenvalue weighted by Gasteiger charge is 2.37. The van der Waals surface area contributed by atoms with E-state index >= 15 is 4.39 Å². The van der Waals surface area contributed by atoms with E-state index in [0.717, 1.165) is 32.9 Å². The van der Waals surface area contributed by atoms with Gasteiger partial charge in [0.15, 0.2) is 34.5 Å². The molecule has 15 nitrogen and oxygen atoms in total. The molecule has 250 valence electrons. The third-order valence-corrected chi connectivity index (χ3v) is 7.80. The Bertz CT molecular complexity index is 1760. The van der Waals surface area contributed by atoms with Crippen LogP contribution in [0.15, 0.2) is 33.5 Å². The summed E-state index contributed by atoms with van der Waals surface area (Å²) in [6.07, 6.45) is 2.84. The second-order valence-corrected chi connectivity index (χ2v) is 10.9. The Morgan fingerprint density at radius 2 is 1.66 bits per heavy atom. The van der Waals surface area contributed by atoms with Crippen molar-refractivity contribution in [2.45, 2.75) is 39.7 Å². The van der Waals surface area contributed by atoms with E-state index in [4.69, 9.17) is 14.2 Å². The number of fused-ring (bicyclic) bond motifs is 1. The predicted molar refractivity (Wildman–Crippen MR) is 166 cm³/mol. The molecule has 0 bridgehead atoms. The van der Waals surface area contributed by atoms with Gasteiger partial charge >= 0.3 is 5.97 Å². The second kappa shape index (κ2) is 14.1. The molecule has 1 aliphatic carbocycles. The van der Waals surface area contributed by atoms with Crippen LogP contribution in [0.25, 0.3) is 10.9 Å². The van der Waals surface area contributed by atoms with Gasteiger partial charge in [-0.05, 0) is 39.7 Å². The molecule has 1 atom stereocenters. The summed E-state index contributed by atoms with van der Waals surface area (Å²) in [5.74, 6) is -4.53. The van der Waals surface area contributed by atoms with Crippen LogP contribution in [0.5, 0.6) is 17.5 Å². The first kappa shape index (κ1) is 33.2. The van der Waals surface area contributed by atoms with E-state index in [1.54, 1.807) is 20.5 Å². The molecule has 0 radical (unpaired) electrons. The Labute approximate surface area is 269 Å². The number of rotatable bonds is 13. The number of Topliss-reactive ketones (excluding diaryl/α,β-unsaturated/α-hetero) is 2. The second-order valence-electron chi connectivity index (χ2n) is 10.9. The van der Waals surface area contributed by atoms with Gasteiger partial charge in [-0.3, -0.25) is 24.2 Å². The molecule has 1 aliphatic heterocycles. The minimum absolute atomic E-state index is 0.0705. The number of hydrogen-bond acceptors (Lipinski definition) is 13. The Morgan fingerprint density at radius 1 is 1.02 bits per heavy atom. The van der Waals surface area contributed by atoms with E-state index < -0.39 is 40.3 Å². The molecule has 2 fully saturated rings. The Balaban J connectivity index is 1.45. The smallest absolute Gasteiger partial charge is 0.324 e. The zero-order chi connectivity index (χ0) is 33.8. The Hall–Kier alpha value is -5.15. The summed E-state index contributed by atoms with van der Waals surface area (Å²) < 4.78 is 39.0. The number of pyridine rings is 1. The summed E-state index contributed by atoms with van der Waals surface area (Å²) in [4.78, 5) is 61.8. The van der Waals surface area contributed by atoms with Crippen molar-refractivity contribution in [1.29, 1.82) is 0 Å². The summed E-state index contributed by atoms with van der Waals surface area (Å²) in [5.41, 5.74) is -0.722. The average molecular weight is 654 g/mol. The maximum absolute atomic E-state index is 16.0. The molecular weight excluding hydrogens is 617 g/mol. The zero-order valence-corrected chi connectivity index (χ0v) is 26.8. The van der Waals surface area contributed by atoms with Gasteiger partial charge in [0.25, 0.3) is 5.95 Å². The first-order valence-electron chi connectivity index (χ1n) is 15.3. The molecule has 0 N–H and O–H groups in total. The number of carbonyl (C=O) groups is 3. The number of anilines is 1. The first-order chi connectivity index (χ1) is 22.6. The molecule has 3 heterocycles. The number of hydrogen-bond donors (Lipinski definition) is 0. The van der Waals surface area contributed by atoms with Gasteiger partial charge in [0, 0.05) is 25.3 Å². The molecule has 0 spiro atoms. The zero-order valence-electron chi connectivity index (χ0n) is 26.8. The van der Waals surface area contributed by atoms with Crippen molar-refractivity contribution in [3.8, 4) is 17.5 Å². The standard InChI is InChI=1S/C31H36FN7O8/c1-6-46-22-15-23(47-7-2)34-31(33-22)35-36-38-12-10-37(11-13-38)26-21(32)14-19-25(29(26)44-4)39(18-8-9-18)16-20(27(19)41)28(42)24(17(3)40)30(43)45-5/h14-16,18,24H,6-13H2,1-5H3. The van der Waals surface area contributed by atoms with Crippen LogP contribution < -0.4 is 24.5 Å². The third-order valence-electron chi connectivity index (χ3n) is 7.80. The molecular formula is C31H36FN7O8. The molecule has 16 heteroatoms. The summed E-state index contributed by atoms with van der Waals surface area (Å²) in [6.45, 7) is 6.96. The van der Waals surface area contributed by atoms with Gasteiger partial charge in [-0.1, -0.05) is 10.3 Å². The fraction of sp³-hybridized carbons (Fsp3) is 0.484. The quantitative estimate of drug-likeness (QED) is 0.114. The minimum Gasteiger partial charge on any atom is -0.492 e. The Morgan fingerprint density at radius 3 is 2.19 bits per heavy atom. The van der Waals surface area contributed by atoms with Gasteiger partial charge in [-0.25, -0.2) is 4.39 Å². The van der Waals surface area contributed by atoms with E-state index in [-0.39, 0.29) is 28.8 Å². The normalized spacial score (nSPS) is 15.5. The average Bonchev–Trinajstić information content (AvgIpc) is 3.90. The van der Waals surface area contributed by atoms with Crippen molar-refractivity contribution in [2.75, 3.05) is 58.5 Å². The van der Waals surface area contributed by atoms with Crippen molar-refractivity contribution in [3.05, 3.63) is 39.9 Å². The van der Waals surface area contributed by atoms with Crippen molar-refractivity contribution < 1.29 is 37.7 Å². The number of esters is 1. The maximum atomic E-state index is 16.0. The van der Waals surface area contributed by atoms with Gasteiger partial charge in [0.05, 0.1) is 63.1 Å². The number of methoxy groups -OCH3 is 2. The molecule has 1 saturated carbocycles. The van der Waals surface area contributed by atoms with Gasteiger partial charge in [0.2, 0.25) is 11.8 Å². The molecule has 3 aromatic rings. The summed E-state index contributed by atoms with van der Waals surface area (Å²) in [7, 11) is 2.44. The molecule has 2 aliphatic rings. The number of halogens is 1. The number of carbonyl (C=O) groups excluding carboxylic acids is 3. The molecule has 1 unspecified atom stereocenters. The highest BCUT2D eigenvalue weighted by atomic mass is 19.1. The maximum Gasteiger partial charge on any atom is 0.324 e. The van der Waals surface area contributed by atoms with Crippen LogP contribution in [0.3, 0.4) is 0 Å². The van der Waals surface area contributed by atoms with Crippen LogP contribution >= 0.6 is 0 Å². The summed E-state index contributed by atoms with van der Waals surface area (Å²) in [6, 6.07) is 2.56. The third kappa shape index (κ3) is 6.85. The highest BCUT2D eigenvalue weighted by molar-refractivity contribution is 6.22. The first-order valence-corrected chi connectivity index (χ1v) is 15.3. The number of ketones is 2. The van der Waals surface area contributed by atoms with E-state index in [0.29, 0.717) is 56.7 Å². The molecule has 2 aromatic heterocycles. The largest absolute Gasteiger partial charge is 0.492 e. The van der Waals surface area contributed by atoms with Crippen LogP contribution in [-0.4, -0.2) is 90.7 Å². The minimum atomic E-state index is -1.80. The van der Waals surface area contributed by atoms with E-state index in [9.17, 15) is 19.2 Å². The SMILES string of the molecule is CCOc1cc(OCC)nc(N=NN2CCN(c3c(F)cc4c(=O)c(C(=O)C(C(C)=O)C(=O)OC)cn(C5CC5)c4c3OC)CC2)n1.